The van der Waals surface area contributed by atoms with Crippen LogP contribution in [0.1, 0.15) is 39.5 Å². The molecule has 0 aromatic heterocycles. The highest BCUT2D eigenvalue weighted by Crippen LogP contribution is 2.26. The van der Waals surface area contributed by atoms with Crippen LogP contribution < -0.4 is 10.0 Å². The van der Waals surface area contributed by atoms with Crippen LogP contribution in [0.4, 0.5) is 5.69 Å². The van der Waals surface area contributed by atoms with Crippen molar-refractivity contribution in [2.45, 2.75) is 39.5 Å². The molecule has 5 nitrogen and oxygen atoms in total. The largest absolute Gasteiger partial charge is 0.352 e. The Hall–Kier alpha value is -2.34. The Kier molecular flexibility index (Phi) is 5.52. The van der Waals surface area contributed by atoms with Gasteiger partial charge in [-0.15, -0.1) is 0 Å². The minimum absolute atomic E-state index is 0.0683. The summed E-state index contributed by atoms with van der Waals surface area (Å²) in [6.45, 7) is 9.79. The van der Waals surface area contributed by atoms with E-state index in [1.165, 1.54) is 12.1 Å². The molecule has 0 radical (unpaired) electrons. The van der Waals surface area contributed by atoms with Crippen LogP contribution in [0.3, 0.4) is 0 Å². The molecule has 0 heterocycles. The van der Waals surface area contributed by atoms with Crippen molar-refractivity contribution in [1.29, 1.82) is 0 Å². The van der Waals surface area contributed by atoms with Gasteiger partial charge in [-0.05, 0) is 63.4 Å². The summed E-state index contributed by atoms with van der Waals surface area (Å²) in [6, 6.07) is 8.44. The third-order valence-electron chi connectivity index (χ3n) is 4.01. The van der Waals surface area contributed by atoms with Crippen molar-refractivity contribution >= 4 is 21.6 Å². The Balaban J connectivity index is 2.44. The Morgan fingerprint density at radius 1 is 0.960 bits per heavy atom. The fourth-order valence-corrected chi connectivity index (χ4v) is 4.03. The molecule has 2 aromatic carbocycles. The number of carbonyl (C=O) groups is 1. The Morgan fingerprint density at radius 3 is 2.12 bits per heavy atom. The van der Waals surface area contributed by atoms with Gasteiger partial charge in [-0.3, -0.25) is 9.52 Å². The minimum Gasteiger partial charge on any atom is -0.352 e. The maximum Gasteiger partial charge on any atom is 0.261 e. The number of sulfonamides is 1. The number of anilines is 1. The highest BCUT2D eigenvalue weighted by Gasteiger charge is 2.19. The molecule has 1 amide bonds. The SMILES string of the molecule is CCNC(=O)c1cc(S(=O)(=O)Nc2c(C)cc(C)cc2C)ccc1C. The molecule has 0 aliphatic rings. The quantitative estimate of drug-likeness (QED) is 0.857. The molecule has 0 atom stereocenters. The number of benzene rings is 2. The number of hydrogen-bond donors (Lipinski definition) is 2. The molecule has 0 aliphatic heterocycles. The number of hydrogen-bond acceptors (Lipinski definition) is 3. The lowest BCUT2D eigenvalue weighted by Gasteiger charge is -2.15. The van der Waals surface area contributed by atoms with E-state index >= 15 is 0 Å². The predicted octanol–water partition coefficient (Wildman–Crippen LogP) is 3.47. The smallest absolute Gasteiger partial charge is 0.261 e. The standard InChI is InChI=1S/C19H24N2O3S/c1-6-20-19(22)17-11-16(8-7-13(17)3)25(23,24)21-18-14(4)9-12(2)10-15(18)5/h7-11,21H,6H2,1-5H3,(H,20,22). The third kappa shape index (κ3) is 4.20. The maximum atomic E-state index is 12.8. The van der Waals surface area contributed by atoms with Gasteiger partial charge in [-0.25, -0.2) is 8.42 Å². The van der Waals surface area contributed by atoms with Crippen LogP contribution in [-0.4, -0.2) is 20.9 Å². The van der Waals surface area contributed by atoms with Crippen molar-refractivity contribution in [2.24, 2.45) is 0 Å². The van der Waals surface area contributed by atoms with Gasteiger partial charge < -0.3 is 5.32 Å². The van der Waals surface area contributed by atoms with E-state index in [2.05, 4.69) is 10.0 Å². The lowest BCUT2D eigenvalue weighted by molar-refractivity contribution is 0.0955. The van der Waals surface area contributed by atoms with Crippen molar-refractivity contribution in [3.8, 4) is 0 Å². The monoisotopic (exact) mass is 360 g/mol. The molecular weight excluding hydrogens is 336 g/mol. The first-order valence-electron chi connectivity index (χ1n) is 8.15. The number of nitrogens with one attached hydrogen (secondary N) is 2. The zero-order valence-corrected chi connectivity index (χ0v) is 16.0. The molecule has 0 saturated heterocycles. The normalized spacial score (nSPS) is 11.2. The summed E-state index contributed by atoms with van der Waals surface area (Å²) in [7, 11) is -3.79. The van der Waals surface area contributed by atoms with Crippen LogP contribution in [0.5, 0.6) is 0 Å². The topological polar surface area (TPSA) is 75.3 Å². The van der Waals surface area contributed by atoms with Gasteiger partial charge in [0.2, 0.25) is 0 Å². The van der Waals surface area contributed by atoms with Gasteiger partial charge >= 0.3 is 0 Å². The van der Waals surface area contributed by atoms with Gasteiger partial charge in [0.05, 0.1) is 10.6 Å². The second-order valence-electron chi connectivity index (χ2n) is 6.22. The van der Waals surface area contributed by atoms with Crippen molar-refractivity contribution in [3.63, 3.8) is 0 Å². The zero-order chi connectivity index (χ0) is 18.8. The first kappa shape index (κ1) is 19.0. The lowest BCUT2D eigenvalue weighted by atomic mass is 10.1. The highest BCUT2D eigenvalue weighted by molar-refractivity contribution is 7.92. The van der Waals surface area contributed by atoms with Crippen molar-refractivity contribution < 1.29 is 13.2 Å². The molecule has 0 spiro atoms. The fourth-order valence-electron chi connectivity index (χ4n) is 2.80. The van der Waals surface area contributed by atoms with Gasteiger partial charge in [0.25, 0.3) is 15.9 Å². The first-order valence-corrected chi connectivity index (χ1v) is 9.63. The van der Waals surface area contributed by atoms with E-state index in [0.29, 0.717) is 17.8 Å². The average molecular weight is 360 g/mol. The van der Waals surface area contributed by atoms with Gasteiger partial charge in [-0.2, -0.15) is 0 Å². The van der Waals surface area contributed by atoms with E-state index in [0.717, 1.165) is 22.3 Å². The highest BCUT2D eigenvalue weighted by atomic mass is 32.2. The molecule has 2 aromatic rings. The van der Waals surface area contributed by atoms with Gasteiger partial charge in [0, 0.05) is 12.1 Å². The molecular formula is C19H24N2O3S. The second-order valence-corrected chi connectivity index (χ2v) is 7.90. The van der Waals surface area contributed by atoms with Crippen molar-refractivity contribution in [2.75, 3.05) is 11.3 Å². The number of rotatable bonds is 5. The molecule has 0 unspecified atom stereocenters. The third-order valence-corrected chi connectivity index (χ3v) is 5.36. The zero-order valence-electron chi connectivity index (χ0n) is 15.2. The number of amides is 1. The summed E-state index contributed by atoms with van der Waals surface area (Å²) in [6.07, 6.45) is 0. The second kappa shape index (κ2) is 7.27. The lowest BCUT2D eigenvalue weighted by Crippen LogP contribution is -2.24. The molecule has 25 heavy (non-hydrogen) atoms. The number of carbonyl (C=O) groups excluding carboxylic acids is 1. The van der Waals surface area contributed by atoms with Crippen LogP contribution in [-0.2, 0) is 10.0 Å². The summed E-state index contributed by atoms with van der Waals surface area (Å²) in [5.41, 5.74) is 4.46. The average Bonchev–Trinajstić information content (AvgIpc) is 2.51. The summed E-state index contributed by atoms with van der Waals surface area (Å²) in [4.78, 5) is 12.2. The van der Waals surface area contributed by atoms with Gasteiger partial charge in [0.1, 0.15) is 0 Å². The molecule has 0 fully saturated rings. The minimum atomic E-state index is -3.79. The van der Waals surface area contributed by atoms with Crippen LogP contribution in [0.2, 0.25) is 0 Å². The molecule has 0 saturated carbocycles. The Bertz CT molecular complexity index is 895. The molecule has 134 valence electrons. The van der Waals surface area contributed by atoms with Crippen LogP contribution >= 0.6 is 0 Å². The van der Waals surface area contributed by atoms with E-state index < -0.39 is 10.0 Å². The Morgan fingerprint density at radius 2 is 1.56 bits per heavy atom. The summed E-state index contributed by atoms with van der Waals surface area (Å²) in [5.74, 6) is -0.278. The molecule has 2 N–H and O–H groups in total. The maximum absolute atomic E-state index is 12.8. The molecule has 2 rings (SSSR count). The fraction of sp³-hybridized carbons (Fsp3) is 0.316. The first-order chi connectivity index (χ1) is 11.7. The van der Waals surface area contributed by atoms with E-state index in [4.69, 9.17) is 0 Å². The van der Waals surface area contributed by atoms with Crippen LogP contribution in [0.15, 0.2) is 35.2 Å². The van der Waals surface area contributed by atoms with E-state index in [1.54, 1.807) is 13.0 Å². The van der Waals surface area contributed by atoms with Crippen molar-refractivity contribution in [1.82, 2.24) is 5.32 Å². The summed E-state index contributed by atoms with van der Waals surface area (Å²) in [5, 5.41) is 2.70. The summed E-state index contributed by atoms with van der Waals surface area (Å²) < 4.78 is 28.2. The summed E-state index contributed by atoms with van der Waals surface area (Å²) >= 11 is 0. The van der Waals surface area contributed by atoms with Crippen LogP contribution in [0, 0.1) is 27.7 Å². The van der Waals surface area contributed by atoms with Crippen molar-refractivity contribution in [3.05, 3.63) is 58.1 Å². The van der Waals surface area contributed by atoms with E-state index in [9.17, 15) is 13.2 Å². The van der Waals surface area contributed by atoms with Gasteiger partial charge in [-0.1, -0.05) is 23.8 Å². The Labute approximate surface area is 149 Å². The molecule has 6 heteroatoms. The van der Waals surface area contributed by atoms with E-state index in [1.807, 2.05) is 39.8 Å². The number of aryl methyl sites for hydroxylation is 4. The van der Waals surface area contributed by atoms with E-state index in [-0.39, 0.29) is 10.8 Å². The van der Waals surface area contributed by atoms with Gasteiger partial charge in [0.15, 0.2) is 0 Å². The molecule has 0 bridgehead atoms. The molecule has 0 aliphatic carbocycles. The predicted molar refractivity (Wildman–Crippen MR) is 101 cm³/mol. The van der Waals surface area contributed by atoms with Crippen LogP contribution in [0.25, 0.3) is 0 Å².